The topological polar surface area (TPSA) is 40.5 Å². The van der Waals surface area contributed by atoms with E-state index in [9.17, 15) is 9.90 Å². The van der Waals surface area contributed by atoms with E-state index in [1.807, 2.05) is 67.6 Å². The lowest BCUT2D eigenvalue weighted by Gasteiger charge is -2.30. The number of aliphatic hydroxyl groups is 1. The van der Waals surface area contributed by atoms with Gasteiger partial charge in [0, 0.05) is 7.05 Å². The third-order valence-corrected chi connectivity index (χ3v) is 4.42. The highest BCUT2D eigenvalue weighted by atomic mass is 35.5. The van der Waals surface area contributed by atoms with Crippen molar-refractivity contribution < 1.29 is 9.90 Å². The van der Waals surface area contributed by atoms with E-state index in [2.05, 4.69) is 0 Å². The lowest BCUT2D eigenvalue weighted by molar-refractivity contribution is -0.133. The van der Waals surface area contributed by atoms with Gasteiger partial charge in [-0.2, -0.15) is 0 Å². The molecule has 0 aromatic heterocycles. The van der Waals surface area contributed by atoms with E-state index < -0.39 is 11.5 Å². The van der Waals surface area contributed by atoms with Crippen LogP contribution in [-0.4, -0.2) is 34.4 Å². The van der Waals surface area contributed by atoms with E-state index in [1.165, 1.54) is 4.90 Å². The first-order valence-electron chi connectivity index (χ1n) is 7.68. The Morgan fingerprint density at radius 1 is 1.09 bits per heavy atom. The second kappa shape index (κ2) is 8.14. The Hall–Kier alpha value is -1.84. The van der Waals surface area contributed by atoms with Crippen molar-refractivity contribution in [2.24, 2.45) is 0 Å². The molecule has 2 rings (SSSR count). The van der Waals surface area contributed by atoms with Gasteiger partial charge in [-0.15, -0.1) is 11.6 Å². The molecule has 1 unspecified atom stereocenters. The number of carbonyl (C=O) groups excluding carboxylic acids is 1. The van der Waals surface area contributed by atoms with Crippen molar-refractivity contribution in [1.29, 1.82) is 0 Å². The quantitative estimate of drug-likeness (QED) is 0.824. The molecule has 0 spiro atoms. The molecule has 2 aromatic rings. The van der Waals surface area contributed by atoms with Crippen LogP contribution in [0.5, 0.6) is 0 Å². The lowest BCUT2D eigenvalue weighted by Crippen LogP contribution is -2.43. The first-order chi connectivity index (χ1) is 11.0. The summed E-state index contributed by atoms with van der Waals surface area (Å²) in [4.78, 5) is 14.0. The van der Waals surface area contributed by atoms with E-state index in [4.69, 9.17) is 11.6 Å². The molecule has 0 radical (unpaired) electrons. The van der Waals surface area contributed by atoms with Crippen LogP contribution in [-0.2, 0) is 11.2 Å². The van der Waals surface area contributed by atoms with Crippen molar-refractivity contribution in [1.82, 2.24) is 4.90 Å². The van der Waals surface area contributed by atoms with Crippen LogP contribution in [0.1, 0.15) is 24.2 Å². The van der Waals surface area contributed by atoms with Crippen molar-refractivity contribution in [3.05, 3.63) is 71.8 Å². The Morgan fingerprint density at radius 2 is 1.61 bits per heavy atom. The molecular weight excluding hydrogens is 310 g/mol. The number of aliphatic hydroxyl groups excluding tert-OH is 1. The summed E-state index contributed by atoms with van der Waals surface area (Å²) >= 11 is 6.28. The molecule has 0 saturated heterocycles. The highest BCUT2D eigenvalue weighted by molar-refractivity contribution is 6.30. The average Bonchev–Trinajstić information content (AvgIpc) is 2.60. The molecule has 4 heteroatoms. The van der Waals surface area contributed by atoms with Crippen LogP contribution in [0.15, 0.2) is 60.7 Å². The zero-order valence-electron chi connectivity index (χ0n) is 13.4. The Labute approximate surface area is 142 Å². The van der Waals surface area contributed by atoms with Gasteiger partial charge in [0.25, 0.3) is 0 Å². The summed E-state index contributed by atoms with van der Waals surface area (Å²) in [5, 5.41) is 9.80. The summed E-state index contributed by atoms with van der Waals surface area (Å²) in [7, 11) is 1.68. The molecule has 1 N–H and O–H groups in total. The van der Waals surface area contributed by atoms with Crippen molar-refractivity contribution in [3.8, 4) is 0 Å². The predicted molar refractivity (Wildman–Crippen MR) is 93.4 cm³/mol. The van der Waals surface area contributed by atoms with E-state index in [1.54, 1.807) is 7.05 Å². The van der Waals surface area contributed by atoms with E-state index in [0.29, 0.717) is 6.42 Å². The predicted octanol–water partition coefficient (Wildman–Crippen LogP) is 3.42. The van der Waals surface area contributed by atoms with Gasteiger partial charge in [-0.1, -0.05) is 60.7 Å². The summed E-state index contributed by atoms with van der Waals surface area (Å²) in [5.74, 6) is -0.182. The van der Waals surface area contributed by atoms with Crippen LogP contribution in [0.25, 0.3) is 0 Å². The minimum absolute atomic E-state index is 0.182. The first kappa shape index (κ1) is 17.5. The van der Waals surface area contributed by atoms with Crippen molar-refractivity contribution in [2.45, 2.75) is 30.9 Å². The van der Waals surface area contributed by atoms with Gasteiger partial charge in [0.2, 0.25) is 5.91 Å². The van der Waals surface area contributed by atoms with Gasteiger partial charge in [-0.05, 0) is 24.5 Å². The van der Waals surface area contributed by atoms with E-state index in [-0.39, 0.29) is 11.9 Å². The Morgan fingerprint density at radius 3 is 2.17 bits per heavy atom. The number of benzene rings is 2. The summed E-state index contributed by atoms with van der Waals surface area (Å²) in [5.41, 5.74) is 1.80. The van der Waals surface area contributed by atoms with E-state index in [0.717, 1.165) is 11.1 Å². The average molecular weight is 332 g/mol. The third-order valence-electron chi connectivity index (χ3n) is 4.08. The standard InChI is InChI=1S/C19H22ClNO2/c1-14(18(22)16-11-7-4-8-12-16)21(2)19(23)17(20)13-15-9-5-3-6-10-15/h3-12,14,17-18,22H,13H2,1-2H3/t14-,17?,18+/m0/s1. The fourth-order valence-corrected chi connectivity index (χ4v) is 2.80. The maximum Gasteiger partial charge on any atom is 0.241 e. The smallest absolute Gasteiger partial charge is 0.241 e. The van der Waals surface area contributed by atoms with Crippen LogP contribution in [0.2, 0.25) is 0 Å². The van der Waals surface area contributed by atoms with Gasteiger partial charge in [0.1, 0.15) is 5.38 Å². The Kier molecular flexibility index (Phi) is 6.20. The van der Waals surface area contributed by atoms with Crippen LogP contribution in [0.4, 0.5) is 0 Å². The van der Waals surface area contributed by atoms with Crippen molar-refractivity contribution >= 4 is 17.5 Å². The fourth-order valence-electron chi connectivity index (χ4n) is 2.47. The second-order valence-electron chi connectivity index (χ2n) is 5.70. The van der Waals surface area contributed by atoms with E-state index >= 15 is 0 Å². The maximum atomic E-state index is 12.5. The van der Waals surface area contributed by atoms with Gasteiger partial charge in [0.15, 0.2) is 0 Å². The minimum Gasteiger partial charge on any atom is -0.386 e. The van der Waals surface area contributed by atoms with Gasteiger partial charge in [-0.3, -0.25) is 4.79 Å². The number of halogens is 1. The highest BCUT2D eigenvalue weighted by Gasteiger charge is 2.28. The monoisotopic (exact) mass is 331 g/mol. The third kappa shape index (κ3) is 4.57. The van der Waals surface area contributed by atoms with Crippen molar-refractivity contribution in [2.75, 3.05) is 7.05 Å². The number of likely N-dealkylation sites (N-methyl/N-ethyl adjacent to an activating group) is 1. The van der Waals surface area contributed by atoms with Crippen LogP contribution in [0, 0.1) is 0 Å². The molecular formula is C19H22ClNO2. The zero-order valence-corrected chi connectivity index (χ0v) is 14.1. The molecule has 0 fully saturated rings. The van der Waals surface area contributed by atoms with Crippen LogP contribution < -0.4 is 0 Å². The number of nitrogens with zero attached hydrogens (tertiary/aromatic N) is 1. The van der Waals surface area contributed by atoms with Gasteiger partial charge < -0.3 is 10.0 Å². The maximum absolute atomic E-state index is 12.5. The largest absolute Gasteiger partial charge is 0.386 e. The molecule has 0 heterocycles. The molecule has 3 atom stereocenters. The molecule has 122 valence electrons. The fraction of sp³-hybridized carbons (Fsp3) is 0.316. The molecule has 1 amide bonds. The second-order valence-corrected chi connectivity index (χ2v) is 6.23. The molecule has 0 bridgehead atoms. The molecule has 0 aliphatic rings. The van der Waals surface area contributed by atoms with Gasteiger partial charge in [0.05, 0.1) is 12.1 Å². The number of alkyl halides is 1. The first-order valence-corrected chi connectivity index (χ1v) is 8.12. The lowest BCUT2D eigenvalue weighted by atomic mass is 10.0. The summed E-state index contributed by atoms with van der Waals surface area (Å²) in [6.07, 6.45) is -0.273. The molecule has 0 aliphatic carbocycles. The number of carbonyl (C=O) groups is 1. The summed E-state index contributed by atoms with van der Waals surface area (Å²) in [6.45, 7) is 1.82. The van der Waals surface area contributed by atoms with Crippen LogP contribution in [0.3, 0.4) is 0 Å². The summed E-state index contributed by atoms with van der Waals surface area (Å²) < 4.78 is 0. The number of hydrogen-bond acceptors (Lipinski definition) is 2. The highest BCUT2D eigenvalue weighted by Crippen LogP contribution is 2.21. The zero-order chi connectivity index (χ0) is 16.8. The van der Waals surface area contributed by atoms with Gasteiger partial charge >= 0.3 is 0 Å². The Bertz CT molecular complexity index is 618. The number of hydrogen-bond donors (Lipinski definition) is 1. The van der Waals surface area contributed by atoms with Crippen LogP contribution >= 0.6 is 11.6 Å². The SMILES string of the molecule is C[C@@H]([C@@H](O)c1ccccc1)N(C)C(=O)C(Cl)Cc1ccccc1. The number of amides is 1. The molecule has 23 heavy (non-hydrogen) atoms. The number of rotatable bonds is 6. The Balaban J connectivity index is 2.00. The molecule has 0 aliphatic heterocycles. The molecule has 2 aromatic carbocycles. The summed E-state index contributed by atoms with van der Waals surface area (Å²) in [6, 6.07) is 18.6. The van der Waals surface area contributed by atoms with Crippen molar-refractivity contribution in [3.63, 3.8) is 0 Å². The minimum atomic E-state index is -0.745. The molecule has 0 saturated carbocycles. The normalized spacial score (nSPS) is 14.8. The van der Waals surface area contributed by atoms with Gasteiger partial charge in [-0.25, -0.2) is 0 Å². The molecule has 3 nitrogen and oxygen atoms in total.